The summed E-state index contributed by atoms with van der Waals surface area (Å²) in [5.74, 6) is 0. The third-order valence-corrected chi connectivity index (χ3v) is 2.84. The number of halogens is 3. The van der Waals surface area contributed by atoms with Crippen molar-refractivity contribution in [3.05, 3.63) is 59.5 Å². The minimum atomic E-state index is -4.43. The summed E-state index contributed by atoms with van der Waals surface area (Å²) in [6, 6.07) is 6.14. The molecule has 1 N–H and O–H groups in total. The predicted octanol–water partition coefficient (Wildman–Crippen LogP) is 3.55. The van der Waals surface area contributed by atoms with Crippen LogP contribution in [0.3, 0.4) is 0 Å². The minimum Gasteiger partial charge on any atom is -0.472 e. The van der Waals surface area contributed by atoms with Crippen molar-refractivity contribution < 1.29 is 22.7 Å². The monoisotopic (exact) mass is 256 g/mol. The molecule has 2 rings (SSSR count). The van der Waals surface area contributed by atoms with Gasteiger partial charge >= 0.3 is 6.18 Å². The first kappa shape index (κ1) is 12.7. The van der Waals surface area contributed by atoms with Crippen molar-refractivity contribution in [1.82, 2.24) is 0 Å². The zero-order chi connectivity index (χ0) is 13.4. The van der Waals surface area contributed by atoms with Gasteiger partial charge in [0.1, 0.15) is 5.60 Å². The Balaban J connectivity index is 2.46. The third kappa shape index (κ3) is 2.26. The first-order valence-electron chi connectivity index (χ1n) is 5.24. The highest BCUT2D eigenvalue weighted by molar-refractivity contribution is 5.36. The molecule has 1 aromatic carbocycles. The van der Waals surface area contributed by atoms with E-state index in [0.29, 0.717) is 5.56 Å². The van der Waals surface area contributed by atoms with E-state index in [4.69, 9.17) is 4.42 Å². The average molecular weight is 256 g/mol. The Labute approximate surface area is 102 Å². The highest BCUT2D eigenvalue weighted by Crippen LogP contribution is 2.34. The van der Waals surface area contributed by atoms with E-state index >= 15 is 0 Å². The van der Waals surface area contributed by atoms with Crippen LogP contribution in [-0.2, 0) is 11.8 Å². The maximum atomic E-state index is 12.6. The van der Waals surface area contributed by atoms with E-state index in [2.05, 4.69) is 0 Å². The smallest absolute Gasteiger partial charge is 0.416 e. The summed E-state index contributed by atoms with van der Waals surface area (Å²) in [6.07, 6.45) is -1.76. The lowest BCUT2D eigenvalue weighted by atomic mass is 9.89. The molecule has 1 aromatic heterocycles. The van der Waals surface area contributed by atoms with Gasteiger partial charge in [-0.05, 0) is 30.7 Å². The molecular formula is C13H11F3O2. The molecule has 5 heteroatoms. The first-order chi connectivity index (χ1) is 8.32. The van der Waals surface area contributed by atoms with Crippen LogP contribution in [0.4, 0.5) is 13.2 Å². The van der Waals surface area contributed by atoms with Gasteiger partial charge in [0.15, 0.2) is 0 Å². The van der Waals surface area contributed by atoms with Crippen LogP contribution in [0.2, 0.25) is 0 Å². The average Bonchev–Trinajstić information content (AvgIpc) is 2.82. The first-order valence-corrected chi connectivity index (χ1v) is 5.24. The van der Waals surface area contributed by atoms with Crippen molar-refractivity contribution in [1.29, 1.82) is 0 Å². The van der Waals surface area contributed by atoms with Crippen LogP contribution in [0.5, 0.6) is 0 Å². The highest BCUT2D eigenvalue weighted by Gasteiger charge is 2.33. The van der Waals surface area contributed by atoms with Crippen LogP contribution in [0, 0.1) is 0 Å². The van der Waals surface area contributed by atoms with Crippen LogP contribution >= 0.6 is 0 Å². The largest absolute Gasteiger partial charge is 0.472 e. The number of furan rings is 1. The van der Waals surface area contributed by atoms with Crippen molar-refractivity contribution in [2.45, 2.75) is 18.7 Å². The standard InChI is InChI=1S/C13H11F3O2/c1-12(17,11-5-6-18-8-11)9-3-2-4-10(7-9)13(14,15)16/h2-8,17H,1H3. The van der Waals surface area contributed by atoms with Gasteiger partial charge < -0.3 is 9.52 Å². The molecule has 0 saturated carbocycles. The van der Waals surface area contributed by atoms with Crippen molar-refractivity contribution in [3.8, 4) is 0 Å². The summed E-state index contributed by atoms with van der Waals surface area (Å²) in [4.78, 5) is 0. The zero-order valence-electron chi connectivity index (χ0n) is 9.53. The molecule has 0 aliphatic heterocycles. The van der Waals surface area contributed by atoms with E-state index in [-0.39, 0.29) is 5.56 Å². The number of aliphatic hydroxyl groups is 1. The molecule has 2 aromatic rings. The molecule has 2 nitrogen and oxygen atoms in total. The number of rotatable bonds is 2. The van der Waals surface area contributed by atoms with E-state index in [9.17, 15) is 18.3 Å². The Morgan fingerprint density at radius 2 is 1.72 bits per heavy atom. The second-order valence-corrected chi connectivity index (χ2v) is 4.16. The zero-order valence-corrected chi connectivity index (χ0v) is 9.53. The SMILES string of the molecule is CC(O)(c1ccoc1)c1cccc(C(F)(F)F)c1. The van der Waals surface area contributed by atoms with Gasteiger partial charge in [0.25, 0.3) is 0 Å². The van der Waals surface area contributed by atoms with Gasteiger partial charge in [-0.1, -0.05) is 12.1 Å². The molecule has 0 aliphatic carbocycles. The van der Waals surface area contributed by atoms with Gasteiger partial charge in [-0.15, -0.1) is 0 Å². The maximum Gasteiger partial charge on any atom is 0.416 e. The number of hydrogen-bond donors (Lipinski definition) is 1. The Kier molecular flexibility index (Phi) is 2.94. The van der Waals surface area contributed by atoms with Crippen LogP contribution in [0.25, 0.3) is 0 Å². The molecule has 1 atom stereocenters. The number of alkyl halides is 3. The number of benzene rings is 1. The topological polar surface area (TPSA) is 33.4 Å². The van der Waals surface area contributed by atoms with Crippen molar-refractivity contribution in [2.75, 3.05) is 0 Å². The summed E-state index contributed by atoms with van der Waals surface area (Å²) in [6.45, 7) is 1.42. The Hall–Kier alpha value is -1.75. The molecule has 0 aliphatic rings. The van der Waals surface area contributed by atoms with E-state index in [1.165, 1.54) is 37.6 Å². The van der Waals surface area contributed by atoms with Crippen molar-refractivity contribution in [3.63, 3.8) is 0 Å². The molecule has 96 valence electrons. The fraction of sp³-hybridized carbons (Fsp3) is 0.231. The maximum absolute atomic E-state index is 12.6. The molecule has 0 radical (unpaired) electrons. The van der Waals surface area contributed by atoms with Crippen molar-refractivity contribution in [2.24, 2.45) is 0 Å². The van der Waals surface area contributed by atoms with E-state index < -0.39 is 17.3 Å². The normalized spacial score (nSPS) is 15.4. The van der Waals surface area contributed by atoms with Gasteiger partial charge in [-0.25, -0.2) is 0 Å². The molecule has 1 heterocycles. The molecule has 0 amide bonds. The van der Waals surface area contributed by atoms with Crippen LogP contribution < -0.4 is 0 Å². The lowest BCUT2D eigenvalue weighted by Crippen LogP contribution is -2.22. The Bertz CT molecular complexity index is 527. The van der Waals surface area contributed by atoms with Gasteiger partial charge in [-0.2, -0.15) is 13.2 Å². The van der Waals surface area contributed by atoms with E-state index in [1.807, 2.05) is 0 Å². The molecular weight excluding hydrogens is 245 g/mol. The van der Waals surface area contributed by atoms with E-state index in [0.717, 1.165) is 12.1 Å². The summed E-state index contributed by atoms with van der Waals surface area (Å²) >= 11 is 0. The van der Waals surface area contributed by atoms with Crippen LogP contribution in [0.15, 0.2) is 47.3 Å². The summed E-state index contributed by atoms with van der Waals surface area (Å²) in [5, 5.41) is 10.3. The minimum absolute atomic E-state index is 0.165. The molecule has 1 unspecified atom stereocenters. The Morgan fingerprint density at radius 3 is 2.28 bits per heavy atom. The summed E-state index contributed by atoms with van der Waals surface area (Å²) < 4.78 is 42.6. The number of hydrogen-bond acceptors (Lipinski definition) is 2. The van der Waals surface area contributed by atoms with Gasteiger partial charge in [0.05, 0.1) is 18.1 Å². The van der Waals surface area contributed by atoms with E-state index in [1.54, 1.807) is 0 Å². The van der Waals surface area contributed by atoms with Gasteiger partial charge in [0, 0.05) is 5.56 Å². The molecule has 0 saturated heterocycles. The fourth-order valence-corrected chi connectivity index (χ4v) is 1.71. The predicted molar refractivity (Wildman–Crippen MR) is 58.8 cm³/mol. The Morgan fingerprint density at radius 1 is 1.06 bits per heavy atom. The van der Waals surface area contributed by atoms with Gasteiger partial charge in [-0.3, -0.25) is 0 Å². The molecule has 0 spiro atoms. The van der Waals surface area contributed by atoms with Crippen molar-refractivity contribution >= 4 is 0 Å². The third-order valence-electron chi connectivity index (χ3n) is 2.84. The fourth-order valence-electron chi connectivity index (χ4n) is 1.71. The quantitative estimate of drug-likeness (QED) is 0.891. The summed E-state index contributed by atoms with van der Waals surface area (Å²) in [7, 11) is 0. The van der Waals surface area contributed by atoms with Gasteiger partial charge in [0.2, 0.25) is 0 Å². The van der Waals surface area contributed by atoms with Crippen LogP contribution in [-0.4, -0.2) is 5.11 Å². The lowest BCUT2D eigenvalue weighted by Gasteiger charge is -2.23. The molecule has 0 fully saturated rings. The lowest BCUT2D eigenvalue weighted by molar-refractivity contribution is -0.137. The summed E-state index contributed by atoms with van der Waals surface area (Å²) in [5.41, 5.74) is -1.74. The second-order valence-electron chi connectivity index (χ2n) is 4.16. The van der Waals surface area contributed by atoms with Crippen LogP contribution in [0.1, 0.15) is 23.6 Å². The highest BCUT2D eigenvalue weighted by atomic mass is 19.4. The molecule has 18 heavy (non-hydrogen) atoms. The molecule has 0 bridgehead atoms. The second kappa shape index (κ2) is 4.17.